The van der Waals surface area contributed by atoms with E-state index in [2.05, 4.69) is 22.8 Å². The second-order valence-electron chi connectivity index (χ2n) is 4.93. The summed E-state index contributed by atoms with van der Waals surface area (Å²) in [5, 5.41) is 6.71. The molecule has 0 aliphatic heterocycles. The lowest BCUT2D eigenvalue weighted by Gasteiger charge is -2.07. The number of hydrogen-bond donors (Lipinski definition) is 2. The van der Waals surface area contributed by atoms with Crippen LogP contribution in [-0.2, 0) is 24.3 Å². The Morgan fingerprint density at radius 2 is 1.43 bits per heavy atom. The lowest BCUT2D eigenvalue weighted by molar-refractivity contribution is -0.120. The summed E-state index contributed by atoms with van der Waals surface area (Å²) in [6.07, 6.45) is 0.370. The molecule has 21 heavy (non-hydrogen) atoms. The van der Waals surface area contributed by atoms with Crippen LogP contribution in [0.1, 0.15) is 16.7 Å². The van der Waals surface area contributed by atoms with Crippen molar-refractivity contribution in [2.45, 2.75) is 19.5 Å². The Balaban J connectivity index is 1.81. The third-order valence-electron chi connectivity index (χ3n) is 3.17. The van der Waals surface area contributed by atoms with Crippen molar-refractivity contribution in [1.29, 1.82) is 0 Å². The van der Waals surface area contributed by atoms with E-state index < -0.39 is 0 Å². The van der Waals surface area contributed by atoms with Crippen LogP contribution >= 0.6 is 11.6 Å². The van der Waals surface area contributed by atoms with E-state index in [4.69, 9.17) is 11.6 Å². The molecule has 4 heteroatoms. The van der Waals surface area contributed by atoms with Gasteiger partial charge in [-0.1, -0.05) is 48.0 Å². The molecular weight excluding hydrogens is 284 g/mol. The highest BCUT2D eigenvalue weighted by Crippen LogP contribution is 2.10. The predicted octanol–water partition coefficient (Wildman–Crippen LogP) is 2.92. The van der Waals surface area contributed by atoms with Crippen molar-refractivity contribution in [3.05, 3.63) is 70.2 Å². The van der Waals surface area contributed by atoms with Gasteiger partial charge in [0, 0.05) is 18.1 Å². The molecule has 0 saturated heterocycles. The van der Waals surface area contributed by atoms with Crippen molar-refractivity contribution in [3.8, 4) is 0 Å². The average molecular weight is 303 g/mol. The second-order valence-corrected chi connectivity index (χ2v) is 5.36. The summed E-state index contributed by atoms with van der Waals surface area (Å²) in [5.41, 5.74) is 3.29. The number of carbonyl (C=O) groups excluding carboxylic acids is 1. The van der Waals surface area contributed by atoms with Gasteiger partial charge >= 0.3 is 0 Å². The minimum atomic E-state index is 0.0108. The van der Waals surface area contributed by atoms with E-state index >= 15 is 0 Å². The fourth-order valence-electron chi connectivity index (χ4n) is 2.03. The van der Waals surface area contributed by atoms with Crippen LogP contribution < -0.4 is 10.6 Å². The largest absolute Gasteiger partial charge is 0.352 e. The summed E-state index contributed by atoms with van der Waals surface area (Å²) >= 11 is 5.82. The maximum absolute atomic E-state index is 11.9. The number of nitrogens with one attached hydrogen (secondary N) is 2. The highest BCUT2D eigenvalue weighted by Gasteiger charge is 2.03. The monoisotopic (exact) mass is 302 g/mol. The molecule has 0 aliphatic carbocycles. The van der Waals surface area contributed by atoms with Gasteiger partial charge in [0.05, 0.1) is 6.42 Å². The first-order chi connectivity index (χ1) is 10.2. The molecule has 110 valence electrons. The summed E-state index contributed by atoms with van der Waals surface area (Å²) in [6, 6.07) is 15.5. The van der Waals surface area contributed by atoms with Crippen LogP contribution in [0.15, 0.2) is 48.5 Å². The standard InChI is InChI=1S/C17H19ClN2O/c1-19-11-14-2-4-15(5-3-14)12-20-17(21)10-13-6-8-16(18)9-7-13/h2-9,19H,10-12H2,1H3,(H,20,21). The molecule has 0 heterocycles. The number of carbonyl (C=O) groups is 1. The highest BCUT2D eigenvalue weighted by atomic mass is 35.5. The third kappa shape index (κ3) is 5.21. The Labute approximate surface area is 130 Å². The van der Waals surface area contributed by atoms with E-state index in [-0.39, 0.29) is 5.91 Å². The minimum absolute atomic E-state index is 0.0108. The molecule has 1 amide bonds. The quantitative estimate of drug-likeness (QED) is 0.861. The normalized spacial score (nSPS) is 10.4. The van der Waals surface area contributed by atoms with E-state index in [1.54, 1.807) is 12.1 Å². The molecule has 0 spiro atoms. The van der Waals surface area contributed by atoms with Gasteiger partial charge in [-0.15, -0.1) is 0 Å². The van der Waals surface area contributed by atoms with E-state index in [0.717, 1.165) is 17.7 Å². The molecule has 0 aliphatic rings. The summed E-state index contributed by atoms with van der Waals surface area (Å²) < 4.78 is 0. The number of amides is 1. The molecule has 2 rings (SSSR count). The zero-order valence-corrected chi connectivity index (χ0v) is 12.8. The van der Waals surface area contributed by atoms with Gasteiger partial charge in [0.15, 0.2) is 0 Å². The lowest BCUT2D eigenvalue weighted by Crippen LogP contribution is -2.24. The topological polar surface area (TPSA) is 41.1 Å². The van der Waals surface area contributed by atoms with Gasteiger partial charge in [-0.3, -0.25) is 4.79 Å². The van der Waals surface area contributed by atoms with Crippen LogP contribution in [0.5, 0.6) is 0 Å². The Kier molecular flexibility index (Phi) is 5.78. The summed E-state index contributed by atoms with van der Waals surface area (Å²) in [7, 11) is 1.92. The maximum Gasteiger partial charge on any atom is 0.224 e. The van der Waals surface area contributed by atoms with Crippen molar-refractivity contribution in [3.63, 3.8) is 0 Å². The van der Waals surface area contributed by atoms with Crippen LogP contribution in [0.2, 0.25) is 5.02 Å². The maximum atomic E-state index is 11.9. The van der Waals surface area contributed by atoms with E-state index in [1.165, 1.54) is 5.56 Å². The van der Waals surface area contributed by atoms with Gasteiger partial charge in [0.1, 0.15) is 0 Å². The van der Waals surface area contributed by atoms with Gasteiger partial charge in [0.2, 0.25) is 5.91 Å². The minimum Gasteiger partial charge on any atom is -0.352 e. The Morgan fingerprint density at radius 1 is 0.905 bits per heavy atom. The summed E-state index contributed by atoms with van der Waals surface area (Å²) in [6.45, 7) is 1.40. The first kappa shape index (κ1) is 15.5. The Hall–Kier alpha value is -1.84. The van der Waals surface area contributed by atoms with Crippen LogP contribution in [0.4, 0.5) is 0 Å². The van der Waals surface area contributed by atoms with Gasteiger partial charge in [-0.2, -0.15) is 0 Å². The zero-order chi connectivity index (χ0) is 15.1. The van der Waals surface area contributed by atoms with E-state index in [1.807, 2.05) is 31.3 Å². The summed E-state index contributed by atoms with van der Waals surface area (Å²) in [4.78, 5) is 11.9. The SMILES string of the molecule is CNCc1ccc(CNC(=O)Cc2ccc(Cl)cc2)cc1. The van der Waals surface area contributed by atoms with Crippen LogP contribution in [0.25, 0.3) is 0 Å². The fraction of sp³-hybridized carbons (Fsp3) is 0.235. The van der Waals surface area contributed by atoms with Gasteiger partial charge < -0.3 is 10.6 Å². The number of rotatable bonds is 6. The van der Waals surface area contributed by atoms with Crippen molar-refractivity contribution >= 4 is 17.5 Å². The molecule has 2 N–H and O–H groups in total. The van der Waals surface area contributed by atoms with Crippen LogP contribution in [0, 0.1) is 0 Å². The third-order valence-corrected chi connectivity index (χ3v) is 3.42. The molecule has 0 unspecified atom stereocenters. The molecule has 2 aromatic carbocycles. The van der Waals surface area contributed by atoms with Crippen molar-refractivity contribution in [2.75, 3.05) is 7.05 Å². The number of benzene rings is 2. The van der Waals surface area contributed by atoms with Gasteiger partial charge in [-0.25, -0.2) is 0 Å². The first-order valence-electron chi connectivity index (χ1n) is 6.91. The molecule has 3 nitrogen and oxygen atoms in total. The molecule has 0 atom stereocenters. The second kappa shape index (κ2) is 7.81. The molecular formula is C17H19ClN2O. The molecule has 0 bridgehead atoms. The van der Waals surface area contributed by atoms with Gasteiger partial charge in [-0.05, 0) is 35.9 Å². The number of halogens is 1. The molecule has 2 aromatic rings. The summed E-state index contributed by atoms with van der Waals surface area (Å²) in [5.74, 6) is 0.0108. The lowest BCUT2D eigenvalue weighted by atomic mass is 10.1. The highest BCUT2D eigenvalue weighted by molar-refractivity contribution is 6.30. The fourth-order valence-corrected chi connectivity index (χ4v) is 2.16. The molecule has 0 radical (unpaired) electrons. The molecule has 0 saturated carbocycles. The Morgan fingerprint density at radius 3 is 2.00 bits per heavy atom. The number of hydrogen-bond acceptors (Lipinski definition) is 2. The van der Waals surface area contributed by atoms with Crippen molar-refractivity contribution in [1.82, 2.24) is 10.6 Å². The molecule has 0 fully saturated rings. The average Bonchev–Trinajstić information content (AvgIpc) is 2.49. The van der Waals surface area contributed by atoms with E-state index in [0.29, 0.717) is 18.0 Å². The van der Waals surface area contributed by atoms with Crippen LogP contribution in [-0.4, -0.2) is 13.0 Å². The first-order valence-corrected chi connectivity index (χ1v) is 7.29. The Bertz CT molecular complexity index is 579. The molecule has 0 aromatic heterocycles. The van der Waals surface area contributed by atoms with Crippen LogP contribution in [0.3, 0.4) is 0 Å². The van der Waals surface area contributed by atoms with Crippen molar-refractivity contribution in [2.24, 2.45) is 0 Å². The van der Waals surface area contributed by atoms with Crippen molar-refractivity contribution < 1.29 is 4.79 Å². The predicted molar refractivity (Wildman–Crippen MR) is 86.2 cm³/mol. The van der Waals surface area contributed by atoms with E-state index in [9.17, 15) is 4.79 Å². The van der Waals surface area contributed by atoms with Gasteiger partial charge in [0.25, 0.3) is 0 Å². The zero-order valence-electron chi connectivity index (χ0n) is 12.0. The smallest absolute Gasteiger partial charge is 0.224 e.